The van der Waals surface area contributed by atoms with Gasteiger partial charge in [0.15, 0.2) is 0 Å². The summed E-state index contributed by atoms with van der Waals surface area (Å²) < 4.78 is 2.48. The van der Waals surface area contributed by atoms with E-state index in [0.717, 1.165) is 11.1 Å². The number of pyridine rings is 3. The molecule has 0 aliphatic heterocycles. The predicted molar refractivity (Wildman–Crippen MR) is 153 cm³/mol. The Hall–Kier alpha value is -5.21. The number of carboxylic acids is 2. The van der Waals surface area contributed by atoms with Crippen molar-refractivity contribution in [2.24, 2.45) is 0 Å². The summed E-state index contributed by atoms with van der Waals surface area (Å²) in [5, 5.41) is 21.5. The van der Waals surface area contributed by atoms with Gasteiger partial charge in [-0.1, -0.05) is 42.5 Å². The molecule has 0 aliphatic carbocycles. The zero-order valence-electron chi connectivity index (χ0n) is 20.3. The number of aromatic nitrogens is 3. The number of benzene rings is 2. The van der Waals surface area contributed by atoms with Gasteiger partial charge in [-0.05, 0) is 59.7 Å². The van der Waals surface area contributed by atoms with Gasteiger partial charge in [0.05, 0.1) is 33.9 Å². The quantitative estimate of drug-likeness (QED) is 0.236. The highest BCUT2D eigenvalue weighted by Crippen LogP contribution is 2.34. The van der Waals surface area contributed by atoms with E-state index in [1.54, 1.807) is 17.5 Å². The number of hydrogen-bond acceptors (Lipinski definition) is 6. The van der Waals surface area contributed by atoms with Crippen LogP contribution in [0, 0.1) is 0 Å². The molecular weight excluding hydrogens is 510 g/mol. The fourth-order valence-electron chi connectivity index (χ4n) is 4.35. The number of aromatic carboxylic acids is 2. The SMILES string of the molecule is O=C(O)c1ccnc(-c2cc(C(=O)O)cc(-c3cc(/C=C/c4ccc5c(c4)sc4ccccc45)ccn3)n2)c1. The number of fused-ring (bicyclic) bond motifs is 3. The van der Waals surface area contributed by atoms with Crippen LogP contribution in [-0.2, 0) is 0 Å². The first-order valence-electron chi connectivity index (χ1n) is 12.0. The van der Waals surface area contributed by atoms with Gasteiger partial charge in [0.25, 0.3) is 0 Å². The highest BCUT2D eigenvalue weighted by atomic mass is 32.1. The van der Waals surface area contributed by atoms with Gasteiger partial charge in [0, 0.05) is 32.6 Å². The molecule has 6 rings (SSSR count). The van der Waals surface area contributed by atoms with Crippen molar-refractivity contribution in [3.63, 3.8) is 0 Å². The number of carboxylic acid groups (broad SMARTS) is 2. The summed E-state index contributed by atoms with van der Waals surface area (Å²) in [5.41, 5.74) is 3.28. The van der Waals surface area contributed by atoms with Gasteiger partial charge >= 0.3 is 11.9 Å². The summed E-state index contributed by atoms with van der Waals surface area (Å²) in [5.74, 6) is -2.25. The average Bonchev–Trinajstić information content (AvgIpc) is 3.34. The molecule has 0 saturated heterocycles. The molecule has 0 spiro atoms. The predicted octanol–water partition coefficient (Wildman–Crippen LogP) is 7.14. The van der Waals surface area contributed by atoms with E-state index in [4.69, 9.17) is 0 Å². The number of nitrogens with zero attached hydrogens (tertiary/aromatic N) is 3. The van der Waals surface area contributed by atoms with Crippen LogP contribution in [0.25, 0.3) is 55.1 Å². The molecule has 4 aromatic heterocycles. The number of thiophene rings is 1. The summed E-state index contributed by atoms with van der Waals surface area (Å²) in [6.45, 7) is 0. The van der Waals surface area contributed by atoms with E-state index in [-0.39, 0.29) is 22.5 Å². The molecule has 0 fully saturated rings. The van der Waals surface area contributed by atoms with Crippen molar-refractivity contribution < 1.29 is 19.8 Å². The van der Waals surface area contributed by atoms with Gasteiger partial charge in [-0.25, -0.2) is 14.6 Å². The Morgan fingerprint density at radius 3 is 1.97 bits per heavy atom. The van der Waals surface area contributed by atoms with Gasteiger partial charge in [-0.2, -0.15) is 0 Å². The number of carbonyl (C=O) groups is 2. The lowest BCUT2D eigenvalue weighted by atomic mass is 10.1. The first-order valence-corrected chi connectivity index (χ1v) is 12.8. The molecule has 8 heteroatoms. The summed E-state index contributed by atoms with van der Waals surface area (Å²) in [7, 11) is 0. The molecule has 0 amide bonds. The molecule has 0 radical (unpaired) electrons. The van der Waals surface area contributed by atoms with Crippen molar-refractivity contribution in [1.82, 2.24) is 15.0 Å². The van der Waals surface area contributed by atoms with Gasteiger partial charge in [-0.15, -0.1) is 11.3 Å². The van der Waals surface area contributed by atoms with E-state index < -0.39 is 11.9 Å². The van der Waals surface area contributed by atoms with E-state index in [9.17, 15) is 19.8 Å². The topological polar surface area (TPSA) is 113 Å². The molecule has 7 nitrogen and oxygen atoms in total. The van der Waals surface area contributed by atoms with Gasteiger partial charge < -0.3 is 10.2 Å². The fourth-order valence-corrected chi connectivity index (χ4v) is 5.50. The highest BCUT2D eigenvalue weighted by Gasteiger charge is 2.14. The largest absolute Gasteiger partial charge is 0.478 e. The van der Waals surface area contributed by atoms with E-state index in [1.807, 2.05) is 30.4 Å². The lowest BCUT2D eigenvalue weighted by Gasteiger charge is -2.08. The van der Waals surface area contributed by atoms with Crippen molar-refractivity contribution in [2.45, 2.75) is 0 Å². The smallest absolute Gasteiger partial charge is 0.335 e. The van der Waals surface area contributed by atoms with Crippen LogP contribution < -0.4 is 0 Å². The molecule has 0 bridgehead atoms. The maximum Gasteiger partial charge on any atom is 0.335 e. The van der Waals surface area contributed by atoms with Crippen molar-refractivity contribution in [1.29, 1.82) is 0 Å². The van der Waals surface area contributed by atoms with Crippen LogP contribution in [0.3, 0.4) is 0 Å². The third-order valence-electron chi connectivity index (χ3n) is 6.26. The number of hydrogen-bond donors (Lipinski definition) is 2. The van der Waals surface area contributed by atoms with Crippen LogP contribution in [0.2, 0.25) is 0 Å². The first-order chi connectivity index (χ1) is 18.9. The summed E-state index contributed by atoms with van der Waals surface area (Å²) in [6, 6.07) is 24.0. The van der Waals surface area contributed by atoms with Crippen molar-refractivity contribution >= 4 is 55.6 Å². The Morgan fingerprint density at radius 2 is 1.23 bits per heavy atom. The second-order valence-electron chi connectivity index (χ2n) is 8.83. The summed E-state index contributed by atoms with van der Waals surface area (Å²) in [4.78, 5) is 36.4. The van der Waals surface area contributed by atoms with Gasteiger partial charge in [-0.3, -0.25) is 9.97 Å². The lowest BCUT2D eigenvalue weighted by molar-refractivity contribution is 0.0686. The summed E-state index contributed by atoms with van der Waals surface area (Å²) in [6.07, 6.45) is 6.99. The number of rotatable bonds is 6. The molecular formula is C31H19N3O4S. The fraction of sp³-hybridized carbons (Fsp3) is 0. The monoisotopic (exact) mass is 529 g/mol. The molecule has 188 valence electrons. The average molecular weight is 530 g/mol. The molecule has 39 heavy (non-hydrogen) atoms. The molecule has 6 aromatic rings. The highest BCUT2D eigenvalue weighted by molar-refractivity contribution is 7.25. The van der Waals surface area contributed by atoms with Crippen molar-refractivity contribution in [2.75, 3.05) is 0 Å². The molecule has 4 heterocycles. The van der Waals surface area contributed by atoms with Crippen LogP contribution in [0.5, 0.6) is 0 Å². The Labute approximate surface area is 226 Å². The maximum atomic E-state index is 11.8. The van der Waals surface area contributed by atoms with Crippen LogP contribution in [0.4, 0.5) is 0 Å². The summed E-state index contributed by atoms with van der Waals surface area (Å²) >= 11 is 1.76. The molecule has 0 saturated carbocycles. The second kappa shape index (κ2) is 9.92. The van der Waals surface area contributed by atoms with Gasteiger partial charge in [0.2, 0.25) is 0 Å². The minimum atomic E-state index is -1.14. The standard InChI is InChI=1S/C31H19N3O4S/c35-30(36)20-10-12-33-25(15-20)27-17-21(31(37)38)16-26(34-27)24-13-19(9-11-32-24)6-5-18-7-8-23-22-3-1-2-4-28(22)39-29(23)14-18/h1-17H,(H,35,36)(H,37,38)/b6-5+. The minimum absolute atomic E-state index is 0.00286. The third-order valence-corrected chi connectivity index (χ3v) is 7.39. The van der Waals surface area contributed by atoms with E-state index in [1.165, 1.54) is 50.6 Å². The second-order valence-corrected chi connectivity index (χ2v) is 9.91. The molecule has 2 aromatic carbocycles. The van der Waals surface area contributed by atoms with Crippen LogP contribution in [-0.4, -0.2) is 37.1 Å². The minimum Gasteiger partial charge on any atom is -0.478 e. The van der Waals surface area contributed by atoms with E-state index in [2.05, 4.69) is 51.4 Å². The zero-order chi connectivity index (χ0) is 26.9. The Morgan fingerprint density at radius 1 is 0.615 bits per heavy atom. The maximum absolute atomic E-state index is 11.8. The third kappa shape index (κ3) is 4.88. The van der Waals surface area contributed by atoms with E-state index in [0.29, 0.717) is 11.4 Å². The Kier molecular flexibility index (Phi) is 6.14. The van der Waals surface area contributed by atoms with Crippen molar-refractivity contribution in [3.8, 4) is 22.8 Å². The molecule has 0 atom stereocenters. The van der Waals surface area contributed by atoms with Crippen molar-refractivity contribution in [3.05, 3.63) is 114 Å². The van der Waals surface area contributed by atoms with Gasteiger partial charge in [0.1, 0.15) is 0 Å². The van der Waals surface area contributed by atoms with Crippen LogP contribution >= 0.6 is 11.3 Å². The zero-order valence-corrected chi connectivity index (χ0v) is 21.1. The molecule has 2 N–H and O–H groups in total. The Balaban J connectivity index is 1.34. The molecule has 0 unspecified atom stereocenters. The Bertz CT molecular complexity index is 1940. The lowest BCUT2D eigenvalue weighted by Crippen LogP contribution is -2.02. The first kappa shape index (κ1) is 24.1. The van der Waals surface area contributed by atoms with Crippen LogP contribution in [0.1, 0.15) is 31.8 Å². The normalized spacial score (nSPS) is 11.4. The van der Waals surface area contributed by atoms with E-state index >= 15 is 0 Å². The van der Waals surface area contributed by atoms with Crippen LogP contribution in [0.15, 0.2) is 91.3 Å². The molecule has 0 aliphatic rings.